The molecule has 0 aliphatic heterocycles. The van der Waals surface area contributed by atoms with Crippen LogP contribution in [0.25, 0.3) is 0 Å². The van der Waals surface area contributed by atoms with Crippen LogP contribution in [0.1, 0.15) is 47.7 Å². The summed E-state index contributed by atoms with van der Waals surface area (Å²) >= 11 is 0. The fraction of sp³-hybridized carbons (Fsp3) is 0.381. The molecule has 0 fully saturated rings. The second kappa shape index (κ2) is 9.11. The first kappa shape index (κ1) is 18.8. The van der Waals surface area contributed by atoms with Crippen molar-refractivity contribution < 1.29 is 14.3 Å². The van der Waals surface area contributed by atoms with Gasteiger partial charge in [-0.25, -0.2) is 0 Å². The highest BCUT2D eigenvalue weighted by atomic mass is 16.5. The molecule has 0 spiro atoms. The standard InChI is InChI=1S/C21H27NO3/c1-15(2)17-9-7-16(8-10-17)6-5-11-22-21(23)18-12-19(24-3)14-20(13-18)25-4/h7-10,12-15H,5-6,11H2,1-4H3,(H,22,23). The molecule has 2 aromatic carbocycles. The van der Waals surface area contributed by atoms with E-state index in [0.717, 1.165) is 12.8 Å². The van der Waals surface area contributed by atoms with Crippen LogP contribution in [0, 0.1) is 0 Å². The molecule has 1 N–H and O–H groups in total. The van der Waals surface area contributed by atoms with Gasteiger partial charge in [0.25, 0.3) is 5.91 Å². The topological polar surface area (TPSA) is 47.6 Å². The predicted molar refractivity (Wildman–Crippen MR) is 101 cm³/mol. The summed E-state index contributed by atoms with van der Waals surface area (Å²) in [5.74, 6) is 1.64. The van der Waals surface area contributed by atoms with Crippen molar-refractivity contribution >= 4 is 5.91 Å². The van der Waals surface area contributed by atoms with Crippen molar-refractivity contribution in [1.29, 1.82) is 0 Å². The number of carbonyl (C=O) groups excluding carboxylic acids is 1. The normalized spacial score (nSPS) is 10.6. The quantitative estimate of drug-likeness (QED) is 0.732. The third kappa shape index (κ3) is 5.52. The lowest BCUT2D eigenvalue weighted by molar-refractivity contribution is 0.0952. The molecule has 4 heteroatoms. The van der Waals surface area contributed by atoms with Crippen molar-refractivity contribution in [2.45, 2.75) is 32.6 Å². The molecule has 2 rings (SSSR count). The fourth-order valence-corrected chi connectivity index (χ4v) is 2.60. The van der Waals surface area contributed by atoms with Crippen molar-refractivity contribution in [3.8, 4) is 11.5 Å². The molecule has 4 nitrogen and oxygen atoms in total. The van der Waals surface area contributed by atoms with E-state index in [9.17, 15) is 4.79 Å². The van der Waals surface area contributed by atoms with E-state index in [2.05, 4.69) is 43.4 Å². The molecule has 0 bridgehead atoms. The first-order valence-corrected chi connectivity index (χ1v) is 8.63. The Morgan fingerprint density at radius 2 is 1.60 bits per heavy atom. The Labute approximate surface area is 150 Å². The molecule has 0 unspecified atom stereocenters. The van der Waals surface area contributed by atoms with Crippen molar-refractivity contribution in [3.05, 3.63) is 59.2 Å². The second-order valence-electron chi connectivity index (χ2n) is 6.36. The summed E-state index contributed by atoms with van der Waals surface area (Å²) in [7, 11) is 3.14. The highest BCUT2D eigenvalue weighted by molar-refractivity contribution is 5.95. The summed E-state index contributed by atoms with van der Waals surface area (Å²) in [6, 6.07) is 13.9. The number of benzene rings is 2. The second-order valence-corrected chi connectivity index (χ2v) is 6.36. The van der Waals surface area contributed by atoms with Crippen molar-refractivity contribution in [2.75, 3.05) is 20.8 Å². The van der Waals surface area contributed by atoms with Crippen LogP contribution in [-0.2, 0) is 6.42 Å². The Morgan fingerprint density at radius 3 is 2.12 bits per heavy atom. The van der Waals surface area contributed by atoms with E-state index in [-0.39, 0.29) is 5.91 Å². The monoisotopic (exact) mass is 341 g/mol. The fourth-order valence-electron chi connectivity index (χ4n) is 2.60. The van der Waals surface area contributed by atoms with Gasteiger partial charge in [0, 0.05) is 18.2 Å². The van der Waals surface area contributed by atoms with E-state index < -0.39 is 0 Å². The van der Waals surface area contributed by atoms with Crippen molar-refractivity contribution in [2.24, 2.45) is 0 Å². The summed E-state index contributed by atoms with van der Waals surface area (Å²) in [6.45, 7) is 5.01. The van der Waals surface area contributed by atoms with Gasteiger partial charge >= 0.3 is 0 Å². The minimum absolute atomic E-state index is 0.118. The van der Waals surface area contributed by atoms with E-state index in [0.29, 0.717) is 29.5 Å². The lowest BCUT2D eigenvalue weighted by Crippen LogP contribution is -2.24. The maximum absolute atomic E-state index is 12.3. The zero-order valence-electron chi connectivity index (χ0n) is 15.5. The largest absolute Gasteiger partial charge is 0.497 e. The third-order valence-electron chi connectivity index (χ3n) is 4.19. The average Bonchev–Trinajstić information content (AvgIpc) is 2.64. The van der Waals surface area contributed by atoms with Crippen LogP contribution >= 0.6 is 0 Å². The molecule has 25 heavy (non-hydrogen) atoms. The Bertz CT molecular complexity index is 671. The van der Waals surface area contributed by atoms with Gasteiger partial charge in [0.15, 0.2) is 0 Å². The van der Waals surface area contributed by atoms with Crippen LogP contribution in [0.3, 0.4) is 0 Å². The molecule has 0 aliphatic carbocycles. The summed E-state index contributed by atoms with van der Waals surface area (Å²) < 4.78 is 10.4. The Morgan fingerprint density at radius 1 is 1.00 bits per heavy atom. The summed E-state index contributed by atoms with van der Waals surface area (Å²) in [6.07, 6.45) is 1.84. The Balaban J connectivity index is 1.84. The smallest absolute Gasteiger partial charge is 0.251 e. The lowest BCUT2D eigenvalue weighted by atomic mass is 10.0. The molecule has 0 saturated heterocycles. The van der Waals surface area contributed by atoms with Gasteiger partial charge in [-0.1, -0.05) is 38.1 Å². The summed E-state index contributed by atoms with van der Waals surface area (Å²) in [5.41, 5.74) is 3.18. The van der Waals surface area contributed by atoms with Crippen LogP contribution in [0.5, 0.6) is 11.5 Å². The van der Waals surface area contributed by atoms with Crippen molar-refractivity contribution in [3.63, 3.8) is 0 Å². The average molecular weight is 341 g/mol. The highest BCUT2D eigenvalue weighted by Gasteiger charge is 2.09. The number of nitrogens with one attached hydrogen (secondary N) is 1. The molecular weight excluding hydrogens is 314 g/mol. The summed E-state index contributed by atoms with van der Waals surface area (Å²) in [5, 5.41) is 2.95. The molecule has 0 saturated carbocycles. The number of carbonyl (C=O) groups is 1. The molecule has 0 heterocycles. The maximum Gasteiger partial charge on any atom is 0.251 e. The molecule has 0 aromatic heterocycles. The number of hydrogen-bond donors (Lipinski definition) is 1. The molecule has 0 aliphatic rings. The molecule has 1 amide bonds. The summed E-state index contributed by atoms with van der Waals surface area (Å²) in [4.78, 5) is 12.3. The molecular formula is C21H27NO3. The first-order chi connectivity index (χ1) is 12.0. The van der Waals surface area contributed by atoms with E-state index in [1.54, 1.807) is 32.4 Å². The van der Waals surface area contributed by atoms with Crippen LogP contribution in [0.15, 0.2) is 42.5 Å². The lowest BCUT2D eigenvalue weighted by Gasteiger charge is -2.10. The molecule has 0 atom stereocenters. The van der Waals surface area contributed by atoms with E-state index in [1.165, 1.54) is 11.1 Å². The number of rotatable bonds is 8. The highest BCUT2D eigenvalue weighted by Crippen LogP contribution is 2.22. The third-order valence-corrected chi connectivity index (χ3v) is 4.19. The van der Waals surface area contributed by atoms with E-state index in [1.807, 2.05) is 0 Å². The van der Waals surface area contributed by atoms with Gasteiger partial charge in [-0.2, -0.15) is 0 Å². The zero-order valence-corrected chi connectivity index (χ0v) is 15.5. The van der Waals surface area contributed by atoms with Gasteiger partial charge in [0.2, 0.25) is 0 Å². The van der Waals surface area contributed by atoms with E-state index in [4.69, 9.17) is 9.47 Å². The minimum atomic E-state index is -0.118. The van der Waals surface area contributed by atoms with Gasteiger partial charge in [-0.15, -0.1) is 0 Å². The van der Waals surface area contributed by atoms with Crippen LogP contribution in [-0.4, -0.2) is 26.7 Å². The van der Waals surface area contributed by atoms with Gasteiger partial charge < -0.3 is 14.8 Å². The maximum atomic E-state index is 12.3. The van der Waals surface area contributed by atoms with Gasteiger partial charge in [-0.05, 0) is 42.0 Å². The SMILES string of the molecule is COc1cc(OC)cc(C(=O)NCCCc2ccc(C(C)C)cc2)c1. The van der Waals surface area contributed by atoms with Crippen molar-refractivity contribution in [1.82, 2.24) is 5.32 Å². The van der Waals surface area contributed by atoms with Crippen LogP contribution in [0.2, 0.25) is 0 Å². The number of hydrogen-bond acceptors (Lipinski definition) is 3. The van der Waals surface area contributed by atoms with E-state index >= 15 is 0 Å². The Kier molecular flexibility index (Phi) is 6.87. The Hall–Kier alpha value is -2.49. The number of ether oxygens (including phenoxy) is 2. The number of methoxy groups -OCH3 is 2. The van der Waals surface area contributed by atoms with Crippen LogP contribution in [0.4, 0.5) is 0 Å². The number of amides is 1. The van der Waals surface area contributed by atoms with Gasteiger partial charge in [0.1, 0.15) is 11.5 Å². The molecule has 0 radical (unpaired) electrons. The zero-order chi connectivity index (χ0) is 18.2. The predicted octanol–water partition coefficient (Wildman–Crippen LogP) is 4.19. The molecule has 2 aromatic rings. The molecule has 134 valence electrons. The first-order valence-electron chi connectivity index (χ1n) is 8.63. The number of aryl methyl sites for hydroxylation is 1. The van der Waals surface area contributed by atoms with Gasteiger partial charge in [0.05, 0.1) is 14.2 Å². The van der Waals surface area contributed by atoms with Crippen LogP contribution < -0.4 is 14.8 Å². The minimum Gasteiger partial charge on any atom is -0.497 e. The van der Waals surface area contributed by atoms with Gasteiger partial charge in [-0.3, -0.25) is 4.79 Å².